The van der Waals surface area contributed by atoms with Crippen molar-refractivity contribution in [2.75, 3.05) is 19.6 Å². The molecule has 16 heteroatoms. The predicted molar refractivity (Wildman–Crippen MR) is 154 cm³/mol. The van der Waals surface area contributed by atoms with E-state index in [-0.39, 0.29) is 45.6 Å². The van der Waals surface area contributed by atoms with Gasteiger partial charge in [-0.15, -0.1) is 0 Å². The molecule has 0 radical (unpaired) electrons. The molecule has 0 bridgehead atoms. The lowest BCUT2D eigenvalue weighted by Gasteiger charge is -2.18. The summed E-state index contributed by atoms with van der Waals surface area (Å²) in [6.07, 6.45) is 2.87. The third-order valence-electron chi connectivity index (χ3n) is 6.74. The number of β-amino-alcohol motifs (C(OH)–C–C–N with tert-alkyl or cyclic N) is 1. The SMILES string of the molecule is [C-]#[N+]NC(=NC[C@H](NC(=O)c1c(Cl)cc2c(=O)n(Cc3ccc4cn[nH]c4c3)cnc2c1Cl)C(=O)O)N1CC[C@H](O)C1. The van der Waals surface area contributed by atoms with E-state index >= 15 is 0 Å². The van der Waals surface area contributed by atoms with Crippen molar-refractivity contribution in [1.29, 1.82) is 0 Å². The van der Waals surface area contributed by atoms with Gasteiger partial charge in [0, 0.05) is 18.5 Å². The average molecular weight is 612 g/mol. The fraction of sp³-hybridized carbons (Fsp3) is 0.269. The van der Waals surface area contributed by atoms with Crippen LogP contribution in [0.2, 0.25) is 10.0 Å². The maximum Gasteiger partial charge on any atom is 0.328 e. The van der Waals surface area contributed by atoms with Gasteiger partial charge in [0.2, 0.25) is 0 Å². The van der Waals surface area contributed by atoms with E-state index in [0.29, 0.717) is 13.0 Å². The monoisotopic (exact) mass is 611 g/mol. The number of aliphatic imine (C=N–C) groups is 1. The molecule has 0 unspecified atom stereocenters. The summed E-state index contributed by atoms with van der Waals surface area (Å²) in [5.74, 6) is -2.23. The molecule has 1 saturated heterocycles. The number of carbonyl (C=O) groups is 2. The number of H-pyrrole nitrogens is 1. The van der Waals surface area contributed by atoms with Gasteiger partial charge in [-0.2, -0.15) is 16.6 Å². The Labute approximate surface area is 247 Å². The highest BCUT2D eigenvalue weighted by Gasteiger charge is 2.28. The van der Waals surface area contributed by atoms with Gasteiger partial charge in [-0.05, 0) is 24.1 Å². The highest BCUT2D eigenvalue weighted by atomic mass is 35.5. The van der Waals surface area contributed by atoms with Crippen LogP contribution in [-0.4, -0.2) is 84.5 Å². The number of hydrogen-bond donors (Lipinski definition) is 5. The van der Waals surface area contributed by atoms with Crippen molar-refractivity contribution in [3.8, 4) is 0 Å². The van der Waals surface area contributed by atoms with Gasteiger partial charge >= 0.3 is 5.97 Å². The van der Waals surface area contributed by atoms with Gasteiger partial charge in [-0.1, -0.05) is 40.8 Å². The largest absolute Gasteiger partial charge is 0.480 e. The Bertz CT molecular complexity index is 1830. The number of fused-ring (bicyclic) bond motifs is 2. The first kappa shape index (κ1) is 28.8. The van der Waals surface area contributed by atoms with Gasteiger partial charge in [0.25, 0.3) is 17.4 Å². The molecule has 0 saturated carbocycles. The van der Waals surface area contributed by atoms with Crippen LogP contribution in [0.25, 0.3) is 26.8 Å². The van der Waals surface area contributed by atoms with Gasteiger partial charge in [-0.25, -0.2) is 14.8 Å². The molecule has 0 aliphatic carbocycles. The third-order valence-corrected chi connectivity index (χ3v) is 7.41. The number of carboxylic acid groups (broad SMARTS) is 1. The standard InChI is InChI=1S/C26H23Cl2N9O5/c1-29-35-26(36-5-4-15(38)11-36)30-9-19(25(41)42)33-23(39)20-17(27)7-16-22(21(20)28)31-12-37(24(16)40)10-13-2-3-14-8-32-34-18(14)6-13/h2-3,6-8,12,15,19,38H,4-5,9-11H2,(H,30,35)(H,32,34)(H,33,39)(H,41,42)/t15-,19-/m0/s1. The maximum atomic E-state index is 13.3. The van der Waals surface area contributed by atoms with Crippen molar-refractivity contribution in [2.24, 2.45) is 4.99 Å². The fourth-order valence-corrected chi connectivity index (χ4v) is 5.29. The Morgan fingerprint density at radius 3 is 2.83 bits per heavy atom. The molecule has 42 heavy (non-hydrogen) atoms. The van der Waals surface area contributed by atoms with Gasteiger partial charge in [-0.3, -0.25) is 19.3 Å². The summed E-state index contributed by atoms with van der Waals surface area (Å²) in [6, 6.07) is 5.36. The van der Waals surface area contributed by atoms with Crippen molar-refractivity contribution in [3.63, 3.8) is 0 Å². The number of benzene rings is 2. The third kappa shape index (κ3) is 5.84. The van der Waals surface area contributed by atoms with Crippen LogP contribution in [0.4, 0.5) is 0 Å². The quantitative estimate of drug-likeness (QED) is 0.0897. The number of likely N-dealkylation sites (tertiary alicyclic amines) is 1. The number of guanidine groups is 1. The number of nitrogens with zero attached hydrogens (tertiary/aromatic N) is 6. The number of aliphatic hydroxyl groups excluding tert-OH is 1. The molecule has 2 aromatic carbocycles. The Morgan fingerprint density at radius 2 is 2.12 bits per heavy atom. The first-order valence-electron chi connectivity index (χ1n) is 12.6. The topological polar surface area (TPSA) is 182 Å². The zero-order valence-electron chi connectivity index (χ0n) is 21.7. The minimum Gasteiger partial charge on any atom is -0.480 e. The summed E-state index contributed by atoms with van der Waals surface area (Å²) in [5, 5.41) is 29.3. The molecule has 216 valence electrons. The summed E-state index contributed by atoms with van der Waals surface area (Å²) < 4.78 is 1.37. The minimum atomic E-state index is -1.51. The van der Waals surface area contributed by atoms with Crippen molar-refractivity contribution in [3.05, 3.63) is 79.8 Å². The summed E-state index contributed by atoms with van der Waals surface area (Å²) >= 11 is 12.9. The molecular weight excluding hydrogens is 589 g/mol. The van der Waals surface area contributed by atoms with Crippen molar-refractivity contribution >= 4 is 62.8 Å². The van der Waals surface area contributed by atoms with Crippen molar-refractivity contribution < 1.29 is 19.8 Å². The molecule has 14 nitrogen and oxygen atoms in total. The van der Waals surface area contributed by atoms with E-state index in [0.717, 1.165) is 16.5 Å². The first-order chi connectivity index (χ1) is 20.2. The van der Waals surface area contributed by atoms with E-state index in [1.54, 1.807) is 11.1 Å². The second kappa shape index (κ2) is 12.0. The lowest BCUT2D eigenvalue weighted by Crippen LogP contribution is -2.45. The number of aliphatic carboxylic acids is 1. The number of aromatic nitrogens is 4. The van der Waals surface area contributed by atoms with Crippen LogP contribution >= 0.6 is 23.2 Å². The second-order valence-corrected chi connectivity index (χ2v) is 10.3. The van der Waals surface area contributed by atoms with Crippen LogP contribution in [-0.2, 0) is 11.3 Å². The lowest BCUT2D eigenvalue weighted by molar-refractivity contribution is -0.138. The van der Waals surface area contributed by atoms with E-state index in [2.05, 4.69) is 35.9 Å². The molecule has 5 N–H and O–H groups in total. The number of hydrogen-bond acceptors (Lipinski definition) is 7. The van der Waals surface area contributed by atoms with Crippen LogP contribution < -0.4 is 16.3 Å². The van der Waals surface area contributed by atoms with Gasteiger partial charge in [0.05, 0.1) is 63.7 Å². The normalized spacial score (nSPS) is 16.0. The Balaban J connectivity index is 1.39. The molecule has 1 aliphatic rings. The van der Waals surface area contributed by atoms with Crippen LogP contribution in [0.3, 0.4) is 0 Å². The zero-order valence-corrected chi connectivity index (χ0v) is 23.2. The highest BCUT2D eigenvalue weighted by molar-refractivity contribution is 6.43. The molecule has 2 aromatic heterocycles. The number of nitrogens with one attached hydrogen (secondary N) is 3. The summed E-state index contributed by atoms with van der Waals surface area (Å²) in [5.41, 5.74) is 3.33. The van der Waals surface area contributed by atoms with Crippen molar-refractivity contribution in [2.45, 2.75) is 25.1 Å². The first-order valence-corrected chi connectivity index (χ1v) is 13.3. The summed E-state index contributed by atoms with van der Waals surface area (Å²) in [7, 11) is 0. The lowest BCUT2D eigenvalue weighted by atomic mass is 10.1. The number of aliphatic hydroxyl groups is 1. The minimum absolute atomic E-state index is 0.0255. The molecule has 2 atom stereocenters. The number of carbonyl (C=O) groups excluding carboxylic acids is 1. The number of amides is 1. The number of aromatic amines is 1. The zero-order chi connectivity index (χ0) is 30.0. The Kier molecular flexibility index (Phi) is 8.25. The van der Waals surface area contributed by atoms with E-state index in [1.807, 2.05) is 18.2 Å². The van der Waals surface area contributed by atoms with E-state index in [4.69, 9.17) is 29.8 Å². The highest BCUT2D eigenvalue weighted by Crippen LogP contribution is 2.31. The molecule has 4 aromatic rings. The van der Waals surface area contributed by atoms with Gasteiger partial charge < -0.3 is 20.4 Å². The second-order valence-electron chi connectivity index (χ2n) is 9.55. The van der Waals surface area contributed by atoms with Crippen LogP contribution in [0.5, 0.6) is 0 Å². The average Bonchev–Trinajstić information content (AvgIpc) is 3.60. The van der Waals surface area contributed by atoms with Crippen LogP contribution in [0.1, 0.15) is 22.3 Å². The Morgan fingerprint density at radius 1 is 1.31 bits per heavy atom. The van der Waals surface area contributed by atoms with Crippen LogP contribution in [0, 0.1) is 6.57 Å². The van der Waals surface area contributed by atoms with Crippen molar-refractivity contribution in [1.82, 2.24) is 35.4 Å². The fourth-order valence-electron chi connectivity index (χ4n) is 4.62. The van der Waals surface area contributed by atoms with E-state index in [1.165, 1.54) is 17.0 Å². The smallest absolute Gasteiger partial charge is 0.328 e. The molecule has 1 fully saturated rings. The molecule has 3 heterocycles. The molecule has 5 rings (SSSR count). The van der Waals surface area contributed by atoms with Gasteiger partial charge in [0.1, 0.15) is 6.04 Å². The van der Waals surface area contributed by atoms with E-state index < -0.39 is 36.1 Å². The summed E-state index contributed by atoms with van der Waals surface area (Å²) in [6.45, 7) is 7.48. The summed E-state index contributed by atoms with van der Waals surface area (Å²) in [4.78, 5) is 51.5. The molecule has 0 spiro atoms. The van der Waals surface area contributed by atoms with Crippen LogP contribution in [0.15, 0.2) is 46.6 Å². The van der Waals surface area contributed by atoms with Gasteiger partial charge in [0.15, 0.2) is 0 Å². The predicted octanol–water partition coefficient (Wildman–Crippen LogP) is 1.66. The number of carboxylic acids is 1. The van der Waals surface area contributed by atoms with E-state index in [9.17, 15) is 24.6 Å². The molecular formula is C26H23Cl2N9O5. The maximum absolute atomic E-state index is 13.3. The molecule has 1 amide bonds. The number of rotatable bonds is 7. The molecule has 1 aliphatic heterocycles. The number of halogens is 2. The Hall–Kier alpha value is -4.71.